The average molecular weight is 826 g/mol. The maximum atomic E-state index is 12.4. The molecule has 2 aliphatic carbocycles. The largest absolute Gasteiger partial charge is 0.424 e. The molecule has 2 aliphatic rings. The Morgan fingerprint density at radius 1 is 0.490 bits per heavy atom. The molecule has 0 aliphatic heterocycles. The fraction of sp³-hybridized carbons (Fsp3) is 1.00. The molecule has 8 heteroatoms. The number of hydrogen-bond acceptors (Lipinski definition) is 5. The molecule has 2 fully saturated rings. The van der Waals surface area contributed by atoms with Crippen LogP contribution in [-0.4, -0.2) is 44.5 Å². The van der Waals surface area contributed by atoms with E-state index in [-0.39, 0.29) is 19.3 Å². The van der Waals surface area contributed by atoms with Gasteiger partial charge in [0, 0.05) is 29.8 Å². The molecule has 304 valence electrons. The van der Waals surface area contributed by atoms with Crippen molar-refractivity contribution < 1.29 is 23.1 Å². The number of hydrogen-bond donors (Lipinski definition) is 0. The summed E-state index contributed by atoms with van der Waals surface area (Å²) < 4.78 is 35.1. The van der Waals surface area contributed by atoms with Crippen molar-refractivity contribution in [1.29, 1.82) is 0 Å². The molecule has 5 nitrogen and oxygen atoms in total. The lowest BCUT2D eigenvalue weighted by atomic mass is 9.85. The Bertz CT molecular complexity index is 779. The van der Waals surface area contributed by atoms with E-state index in [2.05, 4.69) is 15.9 Å². The highest BCUT2D eigenvalue weighted by Crippen LogP contribution is 2.53. The molecule has 0 radical (unpaired) electrons. The molecule has 2 atom stereocenters. The van der Waals surface area contributed by atoms with Gasteiger partial charge in [-0.3, -0.25) is 9.05 Å². The van der Waals surface area contributed by atoms with Crippen molar-refractivity contribution in [3.05, 3.63) is 0 Å². The highest BCUT2D eigenvalue weighted by atomic mass is 79.9. The Balaban J connectivity index is 1.40. The molecular weight excluding hydrogens is 743 g/mol. The lowest BCUT2D eigenvalue weighted by Crippen LogP contribution is -2.26. The molecule has 0 N–H and O–H groups in total. The molecule has 0 spiro atoms. The normalized spacial score (nSPS) is 17.9. The quantitative estimate of drug-likeness (QED) is 0.0355. The standard InChI is InChI=1S/C43H83BrClO5P/c44-35-38-49-51(45,46)50-40-43(48-37-28-18-14-10-6-2-4-8-12-16-22-30-42-33-25-20-26-34-42)39-47-36-27-17-13-9-5-1-3-7-11-15-21-29-41-31-23-19-24-32-41/h41-43H,1-40H2. The van der Waals surface area contributed by atoms with E-state index in [1.807, 2.05) is 0 Å². The number of alkyl halides is 1. The molecular formula is C43H83BrClO5P. The summed E-state index contributed by atoms with van der Waals surface area (Å²) in [5.74, 6) is 2.10. The third-order valence-electron chi connectivity index (χ3n) is 11.5. The molecule has 51 heavy (non-hydrogen) atoms. The molecule has 2 unspecified atom stereocenters. The van der Waals surface area contributed by atoms with Crippen LogP contribution in [-0.2, 0) is 23.1 Å². The summed E-state index contributed by atoms with van der Waals surface area (Å²) in [6.07, 6.45) is 47.1. The highest BCUT2D eigenvalue weighted by molar-refractivity contribution is 9.09. The minimum Gasteiger partial charge on any atom is -0.379 e. The van der Waals surface area contributed by atoms with E-state index in [4.69, 9.17) is 29.8 Å². The van der Waals surface area contributed by atoms with Crippen LogP contribution in [0.15, 0.2) is 0 Å². The van der Waals surface area contributed by atoms with Crippen LogP contribution in [0.2, 0.25) is 0 Å². The molecule has 2 saturated carbocycles. The summed E-state index contributed by atoms with van der Waals surface area (Å²) in [7, 11) is 0. The molecule has 0 heterocycles. The lowest BCUT2D eigenvalue weighted by molar-refractivity contribution is -0.0402. The Labute approximate surface area is 330 Å². The summed E-state index contributed by atoms with van der Waals surface area (Å²) in [5.41, 5.74) is 0. The van der Waals surface area contributed by atoms with Gasteiger partial charge >= 0.3 is 6.95 Å². The summed E-state index contributed by atoms with van der Waals surface area (Å²) >= 11 is 9.26. The molecule has 0 aromatic carbocycles. The number of unbranched alkanes of at least 4 members (excludes halogenated alkanes) is 20. The maximum Gasteiger partial charge on any atom is 0.424 e. The molecule has 0 aromatic heterocycles. The summed E-state index contributed by atoms with van der Waals surface area (Å²) in [4.78, 5) is 0. The van der Waals surface area contributed by atoms with Crippen molar-refractivity contribution >= 4 is 34.1 Å². The van der Waals surface area contributed by atoms with E-state index >= 15 is 0 Å². The van der Waals surface area contributed by atoms with Gasteiger partial charge in [0.1, 0.15) is 6.10 Å². The SMILES string of the molecule is O=P(Cl)(OCCBr)OCC(COCCCCCCCCCCCCCC1CCCCC1)OCCCCCCCCCCCCCC1CCCCC1. The van der Waals surface area contributed by atoms with Gasteiger partial charge in [0.25, 0.3) is 0 Å². The van der Waals surface area contributed by atoms with Crippen molar-refractivity contribution in [2.24, 2.45) is 11.8 Å². The third kappa shape index (κ3) is 30.7. The molecule has 2 rings (SSSR count). The highest BCUT2D eigenvalue weighted by Gasteiger charge is 2.23. The second-order valence-electron chi connectivity index (χ2n) is 16.2. The van der Waals surface area contributed by atoms with Gasteiger partial charge in [0.2, 0.25) is 0 Å². The van der Waals surface area contributed by atoms with Crippen molar-refractivity contribution in [3.8, 4) is 0 Å². The van der Waals surface area contributed by atoms with Crippen LogP contribution in [0.1, 0.15) is 218 Å². The molecule has 0 aromatic rings. The zero-order valence-electron chi connectivity index (χ0n) is 33.3. The predicted octanol–water partition coefficient (Wildman–Crippen LogP) is 15.7. The topological polar surface area (TPSA) is 54.0 Å². The first kappa shape index (κ1) is 48.0. The van der Waals surface area contributed by atoms with Crippen LogP contribution in [0.25, 0.3) is 0 Å². The Kier molecular flexibility index (Phi) is 33.2. The summed E-state index contributed by atoms with van der Waals surface area (Å²) in [6.45, 7) is -1.45. The molecule has 0 saturated heterocycles. The van der Waals surface area contributed by atoms with E-state index in [1.165, 1.54) is 205 Å². The Morgan fingerprint density at radius 2 is 0.882 bits per heavy atom. The smallest absolute Gasteiger partial charge is 0.379 e. The van der Waals surface area contributed by atoms with Gasteiger partial charge in [-0.2, -0.15) is 0 Å². The van der Waals surface area contributed by atoms with Gasteiger partial charge in [-0.1, -0.05) is 221 Å². The van der Waals surface area contributed by atoms with Gasteiger partial charge < -0.3 is 9.47 Å². The minimum atomic E-state index is -3.61. The predicted molar refractivity (Wildman–Crippen MR) is 224 cm³/mol. The van der Waals surface area contributed by atoms with Gasteiger partial charge in [-0.25, -0.2) is 4.57 Å². The minimum absolute atomic E-state index is 0.115. The summed E-state index contributed by atoms with van der Waals surface area (Å²) in [6, 6.07) is 0. The first-order valence-corrected chi connectivity index (χ1v) is 26.0. The van der Waals surface area contributed by atoms with Crippen molar-refractivity contribution in [3.63, 3.8) is 0 Å². The fourth-order valence-corrected chi connectivity index (χ4v) is 9.78. The van der Waals surface area contributed by atoms with Gasteiger partial charge in [0.05, 0.1) is 19.8 Å². The average Bonchev–Trinajstić information content (AvgIpc) is 3.15. The van der Waals surface area contributed by atoms with Crippen LogP contribution in [0.3, 0.4) is 0 Å². The van der Waals surface area contributed by atoms with Gasteiger partial charge in [-0.15, -0.1) is 0 Å². The fourth-order valence-electron chi connectivity index (χ4n) is 8.27. The van der Waals surface area contributed by atoms with E-state index in [9.17, 15) is 4.57 Å². The van der Waals surface area contributed by atoms with Crippen molar-refractivity contribution in [2.45, 2.75) is 224 Å². The van der Waals surface area contributed by atoms with Gasteiger partial charge in [0.15, 0.2) is 0 Å². The van der Waals surface area contributed by atoms with E-state index in [1.54, 1.807) is 0 Å². The van der Waals surface area contributed by atoms with E-state index in [0.29, 0.717) is 18.5 Å². The lowest BCUT2D eigenvalue weighted by Gasteiger charge is -2.21. The number of rotatable bonds is 37. The zero-order valence-corrected chi connectivity index (χ0v) is 36.5. The Morgan fingerprint density at radius 3 is 1.31 bits per heavy atom. The van der Waals surface area contributed by atoms with Crippen LogP contribution < -0.4 is 0 Å². The van der Waals surface area contributed by atoms with Gasteiger partial charge in [-0.05, 0) is 24.7 Å². The molecule has 0 bridgehead atoms. The Hall–Kier alpha value is 0.840. The molecule has 0 amide bonds. The van der Waals surface area contributed by atoms with Crippen LogP contribution >= 0.6 is 34.1 Å². The van der Waals surface area contributed by atoms with E-state index < -0.39 is 6.95 Å². The van der Waals surface area contributed by atoms with Crippen molar-refractivity contribution in [2.75, 3.05) is 38.4 Å². The first-order valence-electron chi connectivity index (χ1n) is 22.4. The van der Waals surface area contributed by atoms with Crippen LogP contribution in [0.4, 0.5) is 0 Å². The van der Waals surface area contributed by atoms with Crippen molar-refractivity contribution in [1.82, 2.24) is 0 Å². The van der Waals surface area contributed by atoms with E-state index in [0.717, 1.165) is 31.3 Å². The second kappa shape index (κ2) is 35.3. The number of ether oxygens (including phenoxy) is 2. The second-order valence-corrected chi connectivity index (χ2v) is 19.6. The monoisotopic (exact) mass is 824 g/mol. The summed E-state index contributed by atoms with van der Waals surface area (Å²) in [5, 5.41) is 0.552. The third-order valence-corrected chi connectivity index (χ3v) is 13.4. The van der Waals surface area contributed by atoms with Crippen LogP contribution in [0.5, 0.6) is 0 Å². The number of halogens is 2. The first-order chi connectivity index (χ1) is 25.1. The maximum absolute atomic E-state index is 12.4. The zero-order chi connectivity index (χ0) is 36.3. The van der Waals surface area contributed by atoms with Crippen LogP contribution in [0, 0.1) is 11.8 Å².